The van der Waals surface area contributed by atoms with Crippen molar-refractivity contribution in [3.63, 3.8) is 0 Å². The Balaban J connectivity index is 1.11. The van der Waals surface area contributed by atoms with Crippen molar-refractivity contribution in [2.24, 2.45) is 0 Å². The average molecular weight is 675 g/mol. The van der Waals surface area contributed by atoms with Crippen LogP contribution in [0.25, 0.3) is 72.0 Å². The number of para-hydroxylation sites is 1. The minimum absolute atomic E-state index is 0.168. The van der Waals surface area contributed by atoms with Crippen molar-refractivity contribution in [1.82, 2.24) is 0 Å². The quantitative estimate of drug-likeness (QED) is 0.171. The van der Waals surface area contributed by atoms with Gasteiger partial charge in [0, 0.05) is 40.5 Å². The second-order valence-corrected chi connectivity index (χ2v) is 15.4. The normalized spacial score (nSPS) is 17.1. The van der Waals surface area contributed by atoms with Gasteiger partial charge in [-0.25, -0.2) is 0 Å². The molecule has 0 fully saturated rings. The molecule has 3 aromatic heterocycles. The van der Waals surface area contributed by atoms with E-state index in [1.165, 1.54) is 88.7 Å². The molecule has 1 atom stereocenters. The molecule has 8 aromatic rings. The molecule has 0 bridgehead atoms. The van der Waals surface area contributed by atoms with Gasteiger partial charge in [-0.2, -0.15) is 9.13 Å². The number of methoxy groups -OCH3 is 1. The number of rotatable bonds is 2. The van der Waals surface area contributed by atoms with Gasteiger partial charge in [0.05, 0.1) is 30.6 Å². The molecule has 3 aliphatic rings. The maximum atomic E-state index is 6.39. The zero-order chi connectivity index (χ0) is 34.9. The number of hydrogen-bond donors (Lipinski definition) is 0. The van der Waals surface area contributed by atoms with Gasteiger partial charge in [0.25, 0.3) is 0 Å². The van der Waals surface area contributed by atoms with E-state index >= 15 is 0 Å². The van der Waals surface area contributed by atoms with E-state index in [-0.39, 0.29) is 11.3 Å². The number of allylic oxidation sites excluding steroid dienone is 2. The van der Waals surface area contributed by atoms with Gasteiger partial charge < -0.3 is 9.15 Å². The van der Waals surface area contributed by atoms with Gasteiger partial charge in [-0.1, -0.05) is 50.2 Å². The van der Waals surface area contributed by atoms with Crippen molar-refractivity contribution < 1.29 is 18.3 Å². The lowest BCUT2D eigenvalue weighted by Gasteiger charge is -2.26. The highest BCUT2D eigenvalue weighted by atomic mass is 16.5. The first-order chi connectivity index (χ1) is 25.4. The van der Waals surface area contributed by atoms with Crippen LogP contribution in [0, 0.1) is 6.92 Å². The van der Waals surface area contributed by atoms with Crippen LogP contribution in [-0.4, -0.2) is 7.11 Å². The number of ether oxygens (including phenoxy) is 1. The summed E-state index contributed by atoms with van der Waals surface area (Å²) in [7, 11) is 1.75. The third-order valence-electron chi connectivity index (χ3n) is 12.1. The number of nitrogens with zero attached hydrogens (tertiary/aromatic N) is 2. The number of hydrogen-bond acceptors (Lipinski definition) is 2. The van der Waals surface area contributed by atoms with Crippen LogP contribution in [-0.2, 0) is 18.4 Å². The number of aryl methyl sites for hydroxylation is 1. The smallest absolute Gasteiger partial charge is 0.218 e. The lowest BCUT2D eigenvalue weighted by atomic mass is 9.78. The summed E-state index contributed by atoms with van der Waals surface area (Å²) in [6, 6.07) is 40.3. The molecule has 0 N–H and O–H groups in total. The van der Waals surface area contributed by atoms with Crippen molar-refractivity contribution in [2.75, 3.05) is 7.11 Å². The lowest BCUT2D eigenvalue weighted by Crippen LogP contribution is -2.43. The Morgan fingerprint density at radius 1 is 0.731 bits per heavy atom. The largest absolute Gasteiger partial charge is 0.497 e. The molecule has 1 unspecified atom stereocenters. The van der Waals surface area contributed by atoms with Crippen molar-refractivity contribution in [3.05, 3.63) is 155 Å². The molecule has 0 saturated heterocycles. The van der Waals surface area contributed by atoms with Gasteiger partial charge in [0.1, 0.15) is 16.9 Å². The highest BCUT2D eigenvalue weighted by molar-refractivity contribution is 6.07. The van der Waals surface area contributed by atoms with Crippen LogP contribution in [0.3, 0.4) is 0 Å². The number of furan rings is 1. The lowest BCUT2D eigenvalue weighted by molar-refractivity contribution is -0.689. The zero-order valence-corrected chi connectivity index (χ0v) is 29.8. The molecule has 4 heteroatoms. The van der Waals surface area contributed by atoms with E-state index in [0.29, 0.717) is 0 Å². The van der Waals surface area contributed by atoms with E-state index in [0.717, 1.165) is 29.9 Å². The molecule has 0 saturated carbocycles. The van der Waals surface area contributed by atoms with Gasteiger partial charge >= 0.3 is 0 Å². The summed E-state index contributed by atoms with van der Waals surface area (Å²) in [4.78, 5) is 0. The summed E-state index contributed by atoms with van der Waals surface area (Å²) in [5, 5.41) is 4.86. The molecule has 1 aliphatic carbocycles. The standard InChI is InChI=1S/C48H38N2O2/c1-28-16-18-50-32(20-30-22-46-41(25-37(30)44(50)19-28)34-9-5-6-11-45(34)52-46)21-31-27-49-17-8-7-10-43(49)40-26-42-39(24-36(31)40)35-15-13-29-12-14-33(51-4)23-38(29)47(35)48(42,2)3/h5-19,21-26,31H,20,27H2,1-4H3/q+2/b32-21+. The van der Waals surface area contributed by atoms with Crippen LogP contribution in [0.5, 0.6) is 5.75 Å². The van der Waals surface area contributed by atoms with Crippen molar-refractivity contribution in [3.8, 4) is 39.4 Å². The Morgan fingerprint density at radius 2 is 1.60 bits per heavy atom. The molecule has 0 spiro atoms. The van der Waals surface area contributed by atoms with Crippen molar-refractivity contribution in [2.45, 2.75) is 45.1 Å². The van der Waals surface area contributed by atoms with Gasteiger partial charge in [-0.05, 0) is 111 Å². The molecule has 250 valence electrons. The van der Waals surface area contributed by atoms with Gasteiger partial charge in [-0.15, -0.1) is 0 Å². The van der Waals surface area contributed by atoms with Crippen molar-refractivity contribution >= 4 is 38.4 Å². The van der Waals surface area contributed by atoms with Crippen LogP contribution in [0.4, 0.5) is 0 Å². The number of pyridine rings is 2. The molecule has 0 amide bonds. The van der Waals surface area contributed by atoms with E-state index in [4.69, 9.17) is 9.15 Å². The second-order valence-electron chi connectivity index (χ2n) is 15.4. The van der Waals surface area contributed by atoms with Gasteiger partial charge in [0.15, 0.2) is 24.6 Å². The fourth-order valence-electron chi connectivity index (χ4n) is 9.59. The van der Waals surface area contributed by atoms with Crippen LogP contribution in [0.2, 0.25) is 0 Å². The third kappa shape index (κ3) is 4.09. The molecule has 4 nitrogen and oxygen atoms in total. The second kappa shape index (κ2) is 10.5. The monoisotopic (exact) mass is 674 g/mol. The van der Waals surface area contributed by atoms with E-state index < -0.39 is 0 Å². The average Bonchev–Trinajstić information content (AvgIpc) is 3.64. The van der Waals surface area contributed by atoms with Crippen molar-refractivity contribution in [1.29, 1.82) is 0 Å². The predicted octanol–water partition coefficient (Wildman–Crippen LogP) is 10.5. The number of aromatic nitrogens is 2. The highest BCUT2D eigenvalue weighted by Gasteiger charge is 2.41. The first kappa shape index (κ1) is 29.7. The Hall–Kier alpha value is -6.00. The Morgan fingerprint density at radius 3 is 2.50 bits per heavy atom. The van der Waals surface area contributed by atoms with E-state index in [2.05, 4.69) is 152 Å². The maximum Gasteiger partial charge on any atom is 0.218 e. The van der Waals surface area contributed by atoms with Crippen LogP contribution < -0.4 is 13.9 Å². The van der Waals surface area contributed by atoms with Crippen LogP contribution in [0.15, 0.2) is 132 Å². The van der Waals surface area contributed by atoms with Gasteiger partial charge in [-0.3, -0.25) is 0 Å². The predicted molar refractivity (Wildman–Crippen MR) is 209 cm³/mol. The van der Waals surface area contributed by atoms with Crippen LogP contribution >= 0.6 is 0 Å². The van der Waals surface area contributed by atoms with Crippen LogP contribution in [0.1, 0.15) is 47.6 Å². The molecule has 2 aliphatic heterocycles. The summed E-state index contributed by atoms with van der Waals surface area (Å²) >= 11 is 0. The zero-order valence-electron chi connectivity index (χ0n) is 29.8. The summed E-state index contributed by atoms with van der Waals surface area (Å²) < 4.78 is 17.0. The van der Waals surface area contributed by atoms with E-state index in [9.17, 15) is 0 Å². The highest BCUT2D eigenvalue weighted by Crippen LogP contribution is 2.54. The summed E-state index contributed by atoms with van der Waals surface area (Å²) in [6.45, 7) is 7.85. The summed E-state index contributed by atoms with van der Waals surface area (Å²) in [6.07, 6.45) is 7.89. The summed E-state index contributed by atoms with van der Waals surface area (Å²) in [5.74, 6) is 1.08. The topological polar surface area (TPSA) is 30.1 Å². The fraction of sp³-hybridized carbons (Fsp3) is 0.167. The Bertz CT molecular complexity index is 2890. The Kier molecular flexibility index (Phi) is 6.01. The molecule has 5 heterocycles. The van der Waals surface area contributed by atoms with E-state index in [1.54, 1.807) is 7.11 Å². The summed E-state index contributed by atoms with van der Waals surface area (Å²) in [5.41, 5.74) is 17.5. The molecule has 0 radical (unpaired) electrons. The Labute approximate surface area is 302 Å². The SMILES string of the molecule is COc1ccc2ccc3c(c2c1)C(C)(C)c1cc2c(cc1-3)C(/C=C1\Cc3cc4oc5ccccc5c4cc3-c3cc(C)cc[n+]31)C[n+]1ccccc1-2. The van der Waals surface area contributed by atoms with Gasteiger partial charge in [0.2, 0.25) is 11.4 Å². The molecule has 52 heavy (non-hydrogen) atoms. The molecule has 11 rings (SSSR count). The van der Waals surface area contributed by atoms with E-state index in [1.807, 2.05) is 6.07 Å². The maximum absolute atomic E-state index is 6.39. The number of benzene rings is 5. The molecular formula is C48H38N2O2+2. The third-order valence-corrected chi connectivity index (χ3v) is 12.1. The molecule has 5 aromatic carbocycles. The first-order valence-corrected chi connectivity index (χ1v) is 18.3. The number of fused-ring (bicyclic) bond motifs is 14. The fourth-order valence-corrected chi connectivity index (χ4v) is 9.59. The minimum Gasteiger partial charge on any atom is -0.497 e. The minimum atomic E-state index is -0.168. The molecular weight excluding hydrogens is 637 g/mol. The first-order valence-electron chi connectivity index (χ1n) is 18.3.